The first-order valence-electron chi connectivity index (χ1n) is 10.3. The molecule has 2 aliphatic rings. The highest BCUT2D eigenvalue weighted by atomic mass is 16.5. The van der Waals surface area contributed by atoms with Crippen molar-refractivity contribution in [3.05, 3.63) is 0 Å². The van der Waals surface area contributed by atoms with Crippen molar-refractivity contribution in [1.29, 1.82) is 0 Å². The molecule has 0 aromatic rings. The predicted molar refractivity (Wildman–Crippen MR) is 106 cm³/mol. The topological polar surface area (TPSA) is 40.1 Å². The van der Waals surface area contributed by atoms with Crippen LogP contribution in [0.15, 0.2) is 4.99 Å². The van der Waals surface area contributed by atoms with E-state index >= 15 is 0 Å². The fraction of sp³-hybridized carbons (Fsp3) is 0.950. The van der Waals surface area contributed by atoms with Crippen LogP contribution in [0.25, 0.3) is 0 Å². The third-order valence-electron chi connectivity index (χ3n) is 5.68. The summed E-state index contributed by atoms with van der Waals surface area (Å²) >= 11 is 0. The van der Waals surface area contributed by atoms with Gasteiger partial charge >= 0.3 is 0 Å². The number of nitrogens with zero attached hydrogens (tertiary/aromatic N) is 3. The van der Waals surface area contributed by atoms with Gasteiger partial charge < -0.3 is 15.0 Å². The second-order valence-corrected chi connectivity index (χ2v) is 8.22. The minimum Gasteiger partial charge on any atom is -0.381 e. The fourth-order valence-corrected chi connectivity index (χ4v) is 4.12. The Labute approximate surface area is 155 Å². The molecule has 0 amide bonds. The average molecular weight is 353 g/mol. The number of likely N-dealkylation sites (tertiary alicyclic amines) is 1. The van der Waals surface area contributed by atoms with Crippen molar-refractivity contribution in [1.82, 2.24) is 15.1 Å². The summed E-state index contributed by atoms with van der Waals surface area (Å²) in [5.74, 6) is 2.59. The molecule has 2 aliphatic heterocycles. The summed E-state index contributed by atoms with van der Waals surface area (Å²) in [6, 6.07) is 0.628. The van der Waals surface area contributed by atoms with E-state index in [-0.39, 0.29) is 0 Å². The Morgan fingerprint density at radius 2 is 1.92 bits per heavy atom. The van der Waals surface area contributed by atoms with Crippen LogP contribution in [0.5, 0.6) is 0 Å². The maximum atomic E-state index is 5.47. The third-order valence-corrected chi connectivity index (χ3v) is 5.68. The number of hydrogen-bond donors (Lipinski definition) is 1. The van der Waals surface area contributed by atoms with Crippen LogP contribution in [0.2, 0.25) is 0 Å². The first kappa shape index (κ1) is 20.5. The highest BCUT2D eigenvalue weighted by molar-refractivity contribution is 5.79. The lowest BCUT2D eigenvalue weighted by Gasteiger charge is -2.31. The second kappa shape index (κ2) is 11.0. The fourth-order valence-electron chi connectivity index (χ4n) is 4.12. The van der Waals surface area contributed by atoms with Gasteiger partial charge in [-0.3, -0.25) is 9.89 Å². The second-order valence-electron chi connectivity index (χ2n) is 8.22. The van der Waals surface area contributed by atoms with Gasteiger partial charge in [-0.05, 0) is 63.5 Å². The van der Waals surface area contributed by atoms with Crippen molar-refractivity contribution < 1.29 is 4.74 Å². The van der Waals surface area contributed by atoms with Gasteiger partial charge in [0.25, 0.3) is 0 Å². The van der Waals surface area contributed by atoms with Crippen molar-refractivity contribution in [2.24, 2.45) is 16.8 Å². The zero-order valence-electron chi connectivity index (χ0n) is 17.0. The first-order valence-corrected chi connectivity index (χ1v) is 10.3. The molecule has 25 heavy (non-hydrogen) atoms. The van der Waals surface area contributed by atoms with Crippen LogP contribution in [0.3, 0.4) is 0 Å². The molecule has 1 atom stereocenters. The van der Waals surface area contributed by atoms with E-state index < -0.39 is 0 Å². The maximum absolute atomic E-state index is 5.47. The zero-order chi connectivity index (χ0) is 18.1. The molecule has 2 saturated heterocycles. The number of aliphatic imine (C=N–C) groups is 1. The Balaban J connectivity index is 1.77. The standard InChI is InChI=1S/C20H40N4O/c1-17(2)15-19(24-10-5-6-11-24)16-22-20(21-3)23(4)12-7-18-8-13-25-14-9-18/h17-19H,5-16H2,1-4H3,(H,21,22). The van der Waals surface area contributed by atoms with E-state index in [0.29, 0.717) is 6.04 Å². The predicted octanol–water partition coefficient (Wildman–Crippen LogP) is 2.82. The molecule has 5 heteroatoms. The molecule has 2 heterocycles. The van der Waals surface area contributed by atoms with E-state index in [2.05, 4.69) is 41.0 Å². The Morgan fingerprint density at radius 1 is 1.24 bits per heavy atom. The summed E-state index contributed by atoms with van der Waals surface area (Å²) in [6.07, 6.45) is 7.64. The van der Waals surface area contributed by atoms with E-state index in [1.54, 1.807) is 0 Å². The Morgan fingerprint density at radius 3 is 2.52 bits per heavy atom. The summed E-state index contributed by atoms with van der Waals surface area (Å²) in [5, 5.41) is 3.65. The van der Waals surface area contributed by atoms with Crippen molar-refractivity contribution >= 4 is 5.96 Å². The van der Waals surface area contributed by atoms with Gasteiger partial charge in [-0.2, -0.15) is 0 Å². The molecule has 1 N–H and O–H groups in total. The monoisotopic (exact) mass is 352 g/mol. The van der Waals surface area contributed by atoms with Gasteiger partial charge in [0.05, 0.1) is 0 Å². The van der Waals surface area contributed by atoms with Gasteiger partial charge in [0.15, 0.2) is 5.96 Å². The normalized spacial score (nSPS) is 21.7. The first-order chi connectivity index (χ1) is 12.1. The molecule has 0 aliphatic carbocycles. The molecule has 0 saturated carbocycles. The van der Waals surface area contributed by atoms with E-state index in [1.165, 1.54) is 51.6 Å². The van der Waals surface area contributed by atoms with Crippen molar-refractivity contribution in [3.63, 3.8) is 0 Å². The molecule has 5 nitrogen and oxygen atoms in total. The summed E-state index contributed by atoms with van der Waals surface area (Å²) in [5.41, 5.74) is 0. The van der Waals surface area contributed by atoms with Crippen molar-refractivity contribution in [3.8, 4) is 0 Å². The van der Waals surface area contributed by atoms with Gasteiger partial charge in [-0.15, -0.1) is 0 Å². The van der Waals surface area contributed by atoms with Gasteiger partial charge in [-0.1, -0.05) is 13.8 Å². The summed E-state index contributed by atoms with van der Waals surface area (Å²) in [6.45, 7) is 11.1. The van der Waals surface area contributed by atoms with E-state index in [1.807, 2.05) is 7.05 Å². The molecule has 2 fully saturated rings. The molecule has 2 rings (SSSR count). The quantitative estimate of drug-likeness (QED) is 0.539. The highest BCUT2D eigenvalue weighted by Crippen LogP contribution is 2.19. The van der Waals surface area contributed by atoms with Gasteiger partial charge in [0, 0.05) is 46.4 Å². The highest BCUT2D eigenvalue weighted by Gasteiger charge is 2.23. The number of ether oxygens (including phenoxy) is 1. The number of nitrogens with one attached hydrogen (secondary N) is 1. The van der Waals surface area contributed by atoms with Crippen LogP contribution < -0.4 is 5.32 Å². The largest absolute Gasteiger partial charge is 0.381 e. The van der Waals surface area contributed by atoms with Gasteiger partial charge in [0.2, 0.25) is 0 Å². The number of hydrogen-bond acceptors (Lipinski definition) is 3. The average Bonchev–Trinajstić information content (AvgIpc) is 3.14. The molecular weight excluding hydrogens is 312 g/mol. The van der Waals surface area contributed by atoms with E-state index in [4.69, 9.17) is 4.74 Å². The van der Waals surface area contributed by atoms with Crippen LogP contribution in [-0.2, 0) is 4.74 Å². The van der Waals surface area contributed by atoms with E-state index in [9.17, 15) is 0 Å². The molecule has 0 aromatic carbocycles. The molecular formula is C20H40N4O. The third kappa shape index (κ3) is 7.14. The smallest absolute Gasteiger partial charge is 0.193 e. The van der Waals surface area contributed by atoms with Crippen LogP contribution >= 0.6 is 0 Å². The van der Waals surface area contributed by atoms with Crippen molar-refractivity contribution in [2.45, 2.75) is 58.4 Å². The van der Waals surface area contributed by atoms with E-state index in [0.717, 1.165) is 44.1 Å². The Bertz CT molecular complexity index is 387. The molecule has 0 spiro atoms. The minimum atomic E-state index is 0.628. The lowest BCUT2D eigenvalue weighted by molar-refractivity contribution is 0.0625. The molecule has 0 aromatic heterocycles. The summed E-state index contributed by atoms with van der Waals surface area (Å²) in [7, 11) is 4.07. The SMILES string of the molecule is CN=C(NCC(CC(C)C)N1CCCC1)N(C)CCC1CCOCC1. The summed E-state index contributed by atoms with van der Waals surface area (Å²) < 4.78 is 5.47. The lowest BCUT2D eigenvalue weighted by atomic mass is 9.96. The summed E-state index contributed by atoms with van der Waals surface area (Å²) in [4.78, 5) is 9.48. The van der Waals surface area contributed by atoms with Crippen LogP contribution in [0.1, 0.15) is 52.4 Å². The number of rotatable bonds is 8. The maximum Gasteiger partial charge on any atom is 0.193 e. The van der Waals surface area contributed by atoms with Gasteiger partial charge in [0.1, 0.15) is 0 Å². The molecule has 0 radical (unpaired) electrons. The lowest BCUT2D eigenvalue weighted by Crippen LogP contribution is -2.47. The Kier molecular flexibility index (Phi) is 9.04. The van der Waals surface area contributed by atoms with Crippen molar-refractivity contribution in [2.75, 3.05) is 53.5 Å². The molecule has 1 unspecified atom stereocenters. The number of guanidine groups is 1. The molecule has 146 valence electrons. The zero-order valence-corrected chi connectivity index (χ0v) is 17.0. The minimum absolute atomic E-state index is 0.628. The van der Waals surface area contributed by atoms with Crippen LogP contribution in [0, 0.1) is 11.8 Å². The molecule has 0 bridgehead atoms. The Hall–Kier alpha value is -0.810. The van der Waals surface area contributed by atoms with Gasteiger partial charge in [-0.25, -0.2) is 0 Å². The van der Waals surface area contributed by atoms with Crippen LogP contribution in [0.4, 0.5) is 0 Å². The van der Waals surface area contributed by atoms with Crippen LogP contribution in [-0.4, -0.2) is 75.3 Å².